The van der Waals surface area contributed by atoms with Crippen molar-refractivity contribution < 1.29 is 4.74 Å². The van der Waals surface area contributed by atoms with Gasteiger partial charge in [-0.25, -0.2) is 0 Å². The first-order chi connectivity index (χ1) is 7.83. The average molecular weight is 245 g/mol. The summed E-state index contributed by atoms with van der Waals surface area (Å²) in [5, 5.41) is 3.53. The van der Waals surface area contributed by atoms with Crippen LogP contribution < -0.4 is 5.32 Å². The number of nitrogens with one attached hydrogen (secondary N) is 1. The molecule has 1 N–H and O–H groups in total. The fourth-order valence-corrected chi connectivity index (χ4v) is 3.04. The van der Waals surface area contributed by atoms with E-state index in [2.05, 4.69) is 30.9 Å². The Balaban J connectivity index is 1.83. The fourth-order valence-electron chi connectivity index (χ4n) is 1.97. The third-order valence-electron chi connectivity index (χ3n) is 3.00. The van der Waals surface area contributed by atoms with Gasteiger partial charge < -0.3 is 10.1 Å². The van der Waals surface area contributed by atoms with E-state index in [9.17, 15) is 0 Å². The summed E-state index contributed by atoms with van der Waals surface area (Å²) < 4.78 is 5.60. The first-order valence-corrected chi connectivity index (χ1v) is 7.91. The van der Waals surface area contributed by atoms with Crippen molar-refractivity contribution in [3.63, 3.8) is 0 Å². The molecule has 0 spiro atoms. The van der Waals surface area contributed by atoms with Crippen LogP contribution in [0.1, 0.15) is 46.0 Å². The molecule has 96 valence electrons. The molecule has 1 aliphatic heterocycles. The number of hydrogen-bond acceptors (Lipinski definition) is 3. The van der Waals surface area contributed by atoms with E-state index in [1.165, 1.54) is 43.6 Å². The van der Waals surface area contributed by atoms with Gasteiger partial charge in [-0.2, -0.15) is 11.8 Å². The highest BCUT2D eigenvalue weighted by atomic mass is 32.2. The SMILES string of the molecule is CCCNC(C)CCCSCC1CCCO1. The van der Waals surface area contributed by atoms with Gasteiger partial charge in [-0.05, 0) is 51.3 Å². The molecule has 1 fully saturated rings. The minimum absolute atomic E-state index is 0.556. The van der Waals surface area contributed by atoms with Crippen molar-refractivity contribution in [2.45, 2.75) is 58.1 Å². The van der Waals surface area contributed by atoms with Gasteiger partial charge in [-0.1, -0.05) is 6.92 Å². The maximum absolute atomic E-state index is 5.60. The summed E-state index contributed by atoms with van der Waals surface area (Å²) in [6.45, 7) is 6.66. The summed E-state index contributed by atoms with van der Waals surface area (Å²) in [6, 6.07) is 0.684. The van der Waals surface area contributed by atoms with Crippen LogP contribution in [0.25, 0.3) is 0 Å². The van der Waals surface area contributed by atoms with E-state index in [0.717, 1.165) is 13.2 Å². The lowest BCUT2D eigenvalue weighted by atomic mass is 10.2. The first-order valence-electron chi connectivity index (χ1n) is 6.75. The van der Waals surface area contributed by atoms with E-state index >= 15 is 0 Å². The molecule has 0 amide bonds. The number of ether oxygens (including phenoxy) is 1. The minimum Gasteiger partial charge on any atom is -0.377 e. The fraction of sp³-hybridized carbons (Fsp3) is 1.00. The Morgan fingerprint density at radius 1 is 1.50 bits per heavy atom. The Labute approximate surface area is 105 Å². The smallest absolute Gasteiger partial charge is 0.0666 e. The molecule has 1 rings (SSSR count). The van der Waals surface area contributed by atoms with Crippen molar-refractivity contribution in [1.29, 1.82) is 0 Å². The second-order valence-corrected chi connectivity index (χ2v) is 5.86. The van der Waals surface area contributed by atoms with Crippen LogP contribution in [0.4, 0.5) is 0 Å². The summed E-state index contributed by atoms with van der Waals surface area (Å²) in [5.41, 5.74) is 0. The minimum atomic E-state index is 0.556. The van der Waals surface area contributed by atoms with Crippen LogP contribution in [0.15, 0.2) is 0 Å². The highest BCUT2D eigenvalue weighted by Crippen LogP contribution is 2.18. The zero-order valence-electron chi connectivity index (χ0n) is 10.8. The van der Waals surface area contributed by atoms with E-state index in [0.29, 0.717) is 12.1 Å². The molecule has 2 nitrogen and oxygen atoms in total. The zero-order chi connectivity index (χ0) is 11.6. The summed E-state index contributed by atoms with van der Waals surface area (Å²) in [7, 11) is 0. The molecule has 0 aromatic carbocycles. The Morgan fingerprint density at radius 3 is 3.06 bits per heavy atom. The molecular formula is C13H27NOS. The first kappa shape index (κ1) is 14.3. The predicted molar refractivity (Wildman–Crippen MR) is 73.3 cm³/mol. The van der Waals surface area contributed by atoms with Crippen molar-refractivity contribution >= 4 is 11.8 Å². The molecule has 0 aromatic rings. The molecule has 16 heavy (non-hydrogen) atoms. The van der Waals surface area contributed by atoms with Gasteiger partial charge in [-0.15, -0.1) is 0 Å². The van der Waals surface area contributed by atoms with E-state index in [1.807, 2.05) is 0 Å². The summed E-state index contributed by atoms with van der Waals surface area (Å²) >= 11 is 2.06. The van der Waals surface area contributed by atoms with Gasteiger partial charge in [0, 0.05) is 18.4 Å². The van der Waals surface area contributed by atoms with Crippen molar-refractivity contribution in [1.82, 2.24) is 5.32 Å². The monoisotopic (exact) mass is 245 g/mol. The zero-order valence-corrected chi connectivity index (χ0v) is 11.7. The molecule has 0 bridgehead atoms. The molecular weight excluding hydrogens is 218 g/mol. The third-order valence-corrected chi connectivity index (χ3v) is 4.18. The average Bonchev–Trinajstić information content (AvgIpc) is 2.79. The van der Waals surface area contributed by atoms with E-state index in [-0.39, 0.29) is 0 Å². The largest absolute Gasteiger partial charge is 0.377 e. The molecule has 2 unspecified atom stereocenters. The third kappa shape index (κ3) is 6.77. The Morgan fingerprint density at radius 2 is 2.38 bits per heavy atom. The summed E-state index contributed by atoms with van der Waals surface area (Å²) in [5.74, 6) is 2.49. The Kier molecular flexibility index (Phi) is 8.34. The van der Waals surface area contributed by atoms with Gasteiger partial charge >= 0.3 is 0 Å². The van der Waals surface area contributed by atoms with Crippen molar-refractivity contribution in [3.05, 3.63) is 0 Å². The van der Waals surface area contributed by atoms with Crippen LogP contribution in [0.3, 0.4) is 0 Å². The van der Waals surface area contributed by atoms with Gasteiger partial charge in [0.15, 0.2) is 0 Å². The lowest BCUT2D eigenvalue weighted by Crippen LogP contribution is -2.26. The van der Waals surface area contributed by atoms with Gasteiger partial charge in [0.2, 0.25) is 0 Å². The maximum atomic E-state index is 5.60. The molecule has 3 heteroatoms. The van der Waals surface area contributed by atoms with Crippen LogP contribution in [-0.2, 0) is 4.74 Å². The van der Waals surface area contributed by atoms with E-state index in [4.69, 9.17) is 4.74 Å². The van der Waals surface area contributed by atoms with Crippen molar-refractivity contribution in [2.24, 2.45) is 0 Å². The van der Waals surface area contributed by atoms with Crippen LogP contribution in [0.5, 0.6) is 0 Å². The summed E-state index contributed by atoms with van der Waals surface area (Å²) in [4.78, 5) is 0. The van der Waals surface area contributed by atoms with Crippen LogP contribution in [0, 0.1) is 0 Å². The molecule has 1 saturated heterocycles. The van der Waals surface area contributed by atoms with Crippen molar-refractivity contribution in [2.75, 3.05) is 24.7 Å². The number of hydrogen-bond donors (Lipinski definition) is 1. The molecule has 0 aromatic heterocycles. The highest BCUT2D eigenvalue weighted by Gasteiger charge is 2.14. The highest BCUT2D eigenvalue weighted by molar-refractivity contribution is 7.99. The quantitative estimate of drug-likeness (QED) is 0.631. The predicted octanol–water partition coefficient (Wildman–Crippen LogP) is 3.07. The molecule has 2 atom stereocenters. The van der Waals surface area contributed by atoms with Crippen LogP contribution in [0.2, 0.25) is 0 Å². The number of thioether (sulfide) groups is 1. The normalized spacial score (nSPS) is 22.5. The summed E-state index contributed by atoms with van der Waals surface area (Å²) in [6.07, 6.45) is 6.97. The van der Waals surface area contributed by atoms with Gasteiger partial charge in [0.25, 0.3) is 0 Å². The van der Waals surface area contributed by atoms with Crippen molar-refractivity contribution in [3.8, 4) is 0 Å². The van der Waals surface area contributed by atoms with Crippen LogP contribution in [-0.4, -0.2) is 36.8 Å². The van der Waals surface area contributed by atoms with E-state index < -0.39 is 0 Å². The lowest BCUT2D eigenvalue weighted by molar-refractivity contribution is 0.129. The standard InChI is InChI=1S/C13H27NOS/c1-3-8-14-12(2)6-5-10-16-11-13-7-4-9-15-13/h12-14H,3-11H2,1-2H3. The molecule has 1 aliphatic rings. The maximum Gasteiger partial charge on any atom is 0.0666 e. The van der Waals surface area contributed by atoms with Gasteiger partial charge in [0.1, 0.15) is 0 Å². The van der Waals surface area contributed by atoms with E-state index in [1.54, 1.807) is 0 Å². The Bertz CT molecular complexity index is 160. The number of rotatable bonds is 9. The molecule has 0 saturated carbocycles. The second kappa shape index (κ2) is 9.32. The molecule has 0 radical (unpaired) electrons. The lowest BCUT2D eigenvalue weighted by Gasteiger charge is -2.13. The second-order valence-electron chi connectivity index (χ2n) is 4.71. The van der Waals surface area contributed by atoms with Gasteiger partial charge in [0.05, 0.1) is 6.10 Å². The molecule has 0 aliphatic carbocycles. The van der Waals surface area contributed by atoms with Gasteiger partial charge in [-0.3, -0.25) is 0 Å². The molecule has 1 heterocycles. The topological polar surface area (TPSA) is 21.3 Å². The van der Waals surface area contributed by atoms with Crippen LogP contribution >= 0.6 is 11.8 Å². The Hall–Kier alpha value is 0.270.